The van der Waals surface area contributed by atoms with Crippen LogP contribution in [-0.2, 0) is 4.74 Å². The molecule has 7 heteroatoms. The highest BCUT2D eigenvalue weighted by Gasteiger charge is 2.20. The molecule has 0 aliphatic carbocycles. The molecule has 0 bridgehead atoms. The van der Waals surface area contributed by atoms with Crippen LogP contribution >= 0.6 is 11.3 Å². The van der Waals surface area contributed by atoms with Gasteiger partial charge in [0.15, 0.2) is 0 Å². The molecule has 1 aromatic heterocycles. The predicted octanol–water partition coefficient (Wildman–Crippen LogP) is 0.838. The highest BCUT2D eigenvalue weighted by Crippen LogP contribution is 2.16. The van der Waals surface area contributed by atoms with Gasteiger partial charge < -0.3 is 14.9 Å². The van der Waals surface area contributed by atoms with Crippen molar-refractivity contribution in [2.45, 2.75) is 0 Å². The van der Waals surface area contributed by atoms with Crippen LogP contribution in [0.2, 0.25) is 0 Å². The van der Waals surface area contributed by atoms with Crippen LogP contribution in [-0.4, -0.2) is 23.0 Å². The summed E-state index contributed by atoms with van der Waals surface area (Å²) in [5, 5.41) is 11.3. The van der Waals surface area contributed by atoms with Crippen molar-refractivity contribution in [2.24, 2.45) is 0 Å². The van der Waals surface area contributed by atoms with E-state index in [2.05, 4.69) is 9.72 Å². The minimum Gasteiger partial charge on any atom is -0.462 e. The molecule has 0 saturated heterocycles. The van der Waals surface area contributed by atoms with E-state index in [0.29, 0.717) is 0 Å². The first kappa shape index (κ1) is 8.60. The van der Waals surface area contributed by atoms with Crippen molar-refractivity contribution in [3.8, 4) is 0 Å². The second-order valence-electron chi connectivity index (χ2n) is 1.76. The predicted molar refractivity (Wildman–Crippen MR) is 40.1 cm³/mol. The van der Waals surface area contributed by atoms with Crippen molar-refractivity contribution in [1.29, 1.82) is 0 Å². The van der Waals surface area contributed by atoms with E-state index in [0.717, 1.165) is 11.3 Å². The number of ether oxygens (including phenoxy) is 1. The fraction of sp³-hybridized carbons (Fsp3) is 0.200. The zero-order chi connectivity index (χ0) is 9.14. The fourth-order valence-electron chi connectivity index (χ4n) is 0.530. The summed E-state index contributed by atoms with van der Waals surface area (Å²) in [5.74, 6) is -0.992. The van der Waals surface area contributed by atoms with Crippen LogP contribution in [0.15, 0.2) is 5.38 Å². The van der Waals surface area contributed by atoms with Crippen LogP contribution in [0, 0.1) is 10.1 Å². The van der Waals surface area contributed by atoms with Crippen molar-refractivity contribution >= 4 is 23.1 Å². The van der Waals surface area contributed by atoms with Gasteiger partial charge in [0.1, 0.15) is 0 Å². The highest BCUT2D eigenvalue weighted by atomic mass is 32.1. The van der Waals surface area contributed by atoms with Crippen LogP contribution in [0.25, 0.3) is 0 Å². The summed E-state index contributed by atoms with van der Waals surface area (Å²) in [5.41, 5.74) is 0. The standard InChI is InChI=1S/C5H4N2O4S/c1-11-5(8)4-6-3(2-12-4)7(9)10/h2H,1H3. The molecule has 0 unspecified atom stereocenters. The summed E-state index contributed by atoms with van der Waals surface area (Å²) in [6.07, 6.45) is 0. The van der Waals surface area contributed by atoms with Crippen LogP contribution in [0.4, 0.5) is 5.82 Å². The van der Waals surface area contributed by atoms with Crippen LogP contribution in [0.1, 0.15) is 9.80 Å². The average molecular weight is 188 g/mol. The number of methoxy groups -OCH3 is 1. The zero-order valence-corrected chi connectivity index (χ0v) is 6.83. The first-order valence-corrected chi connectivity index (χ1v) is 3.71. The Balaban J connectivity index is 2.91. The first-order valence-electron chi connectivity index (χ1n) is 2.83. The van der Waals surface area contributed by atoms with E-state index < -0.39 is 10.9 Å². The second kappa shape index (κ2) is 3.26. The molecule has 0 aliphatic heterocycles. The summed E-state index contributed by atoms with van der Waals surface area (Å²) < 4.78 is 4.32. The average Bonchev–Trinajstić information content (AvgIpc) is 2.51. The first-order chi connectivity index (χ1) is 5.65. The number of carbonyl (C=O) groups excluding carboxylic acids is 1. The van der Waals surface area contributed by atoms with Crippen molar-refractivity contribution in [1.82, 2.24) is 4.98 Å². The number of aromatic nitrogens is 1. The maximum absolute atomic E-state index is 10.8. The van der Waals surface area contributed by atoms with E-state index >= 15 is 0 Å². The summed E-state index contributed by atoms with van der Waals surface area (Å²) in [6.45, 7) is 0. The molecule has 0 fully saturated rings. The Bertz CT molecular complexity index is 321. The van der Waals surface area contributed by atoms with Gasteiger partial charge in [-0.2, -0.15) is 0 Å². The largest absolute Gasteiger partial charge is 0.462 e. The van der Waals surface area contributed by atoms with Gasteiger partial charge in [0.25, 0.3) is 0 Å². The Labute approximate surface area is 70.9 Å². The Kier molecular flexibility index (Phi) is 2.34. The third-order valence-corrected chi connectivity index (χ3v) is 1.85. The summed E-state index contributed by atoms with van der Waals surface area (Å²) in [4.78, 5) is 23.6. The van der Waals surface area contributed by atoms with E-state index in [1.165, 1.54) is 12.5 Å². The maximum atomic E-state index is 10.8. The molecule has 64 valence electrons. The molecule has 12 heavy (non-hydrogen) atoms. The number of nitro groups is 1. The number of nitrogens with zero attached hydrogens (tertiary/aromatic N) is 2. The van der Waals surface area contributed by atoms with Crippen LogP contribution < -0.4 is 0 Å². The van der Waals surface area contributed by atoms with Gasteiger partial charge in [0.2, 0.25) is 0 Å². The van der Waals surface area contributed by atoms with E-state index in [9.17, 15) is 14.9 Å². The quantitative estimate of drug-likeness (QED) is 0.390. The summed E-state index contributed by atoms with van der Waals surface area (Å²) >= 11 is 0.883. The summed E-state index contributed by atoms with van der Waals surface area (Å²) in [6, 6.07) is 0. The van der Waals surface area contributed by atoms with Crippen LogP contribution in [0.3, 0.4) is 0 Å². The molecular formula is C5H4N2O4S. The molecule has 1 rings (SSSR count). The molecule has 0 N–H and O–H groups in total. The van der Waals surface area contributed by atoms with Gasteiger partial charge in [-0.25, -0.2) is 4.79 Å². The lowest BCUT2D eigenvalue weighted by atomic mass is 10.7. The molecular weight excluding hydrogens is 184 g/mol. The maximum Gasteiger partial charge on any atom is 0.393 e. The van der Waals surface area contributed by atoms with Gasteiger partial charge in [-0.15, -0.1) is 0 Å². The third kappa shape index (κ3) is 1.56. The Morgan fingerprint density at radius 3 is 2.92 bits per heavy atom. The minimum atomic E-state index is -0.664. The molecule has 0 aliphatic rings. The lowest BCUT2D eigenvalue weighted by molar-refractivity contribution is -0.389. The van der Waals surface area contributed by atoms with Crippen molar-refractivity contribution < 1.29 is 14.5 Å². The second-order valence-corrected chi connectivity index (χ2v) is 2.62. The van der Waals surface area contributed by atoms with Gasteiger partial charge in [0.05, 0.1) is 12.5 Å². The fourth-order valence-corrected chi connectivity index (χ4v) is 1.21. The molecule has 0 spiro atoms. The van der Waals surface area contributed by atoms with Gasteiger partial charge in [-0.05, 0) is 9.91 Å². The van der Waals surface area contributed by atoms with Gasteiger partial charge in [0, 0.05) is 0 Å². The van der Waals surface area contributed by atoms with E-state index in [1.54, 1.807) is 0 Å². The Hall–Kier alpha value is -1.50. The zero-order valence-electron chi connectivity index (χ0n) is 6.01. The SMILES string of the molecule is COC(=O)c1nc([N+](=O)[O-])cs1. The Morgan fingerprint density at radius 2 is 2.50 bits per heavy atom. The lowest BCUT2D eigenvalue weighted by Gasteiger charge is -1.86. The molecule has 0 aromatic carbocycles. The molecule has 0 atom stereocenters. The highest BCUT2D eigenvalue weighted by molar-refractivity contribution is 7.11. The number of thiazole rings is 1. The lowest BCUT2D eigenvalue weighted by Crippen LogP contribution is -2.00. The van der Waals surface area contributed by atoms with Gasteiger partial charge >= 0.3 is 16.8 Å². The van der Waals surface area contributed by atoms with E-state index in [-0.39, 0.29) is 10.8 Å². The van der Waals surface area contributed by atoms with Crippen LogP contribution in [0.5, 0.6) is 0 Å². The summed E-state index contributed by atoms with van der Waals surface area (Å²) in [7, 11) is 1.19. The number of carbonyl (C=O) groups is 1. The molecule has 0 saturated carbocycles. The number of esters is 1. The number of hydrogen-bond donors (Lipinski definition) is 0. The third-order valence-electron chi connectivity index (χ3n) is 1.04. The molecule has 6 nitrogen and oxygen atoms in total. The molecule has 0 radical (unpaired) electrons. The van der Waals surface area contributed by atoms with Crippen molar-refractivity contribution in [3.05, 3.63) is 20.5 Å². The van der Waals surface area contributed by atoms with Gasteiger partial charge in [-0.3, -0.25) is 0 Å². The number of hydrogen-bond acceptors (Lipinski definition) is 6. The topological polar surface area (TPSA) is 82.3 Å². The van der Waals surface area contributed by atoms with Gasteiger partial charge in [-0.1, -0.05) is 11.3 Å². The smallest absolute Gasteiger partial charge is 0.393 e. The van der Waals surface area contributed by atoms with Crippen molar-refractivity contribution in [2.75, 3.05) is 7.11 Å². The monoisotopic (exact) mass is 188 g/mol. The number of rotatable bonds is 2. The molecule has 1 aromatic rings. The van der Waals surface area contributed by atoms with Crippen molar-refractivity contribution in [3.63, 3.8) is 0 Å². The molecule has 1 heterocycles. The normalized spacial score (nSPS) is 9.42. The Morgan fingerprint density at radius 1 is 1.83 bits per heavy atom. The van der Waals surface area contributed by atoms with E-state index in [4.69, 9.17) is 0 Å². The molecule has 0 amide bonds. The minimum absolute atomic E-state index is 0.01000. The van der Waals surface area contributed by atoms with E-state index in [1.807, 2.05) is 0 Å².